The van der Waals surface area contributed by atoms with Crippen molar-refractivity contribution < 1.29 is 18.3 Å². The SMILES string of the molecule is COc1c2n(ccc1=O)N1C(CCC3(CCC(F)(F)C3)C1c1ccccc1)N(C)C2=O. The Hall–Kier alpha value is -2.90. The molecule has 31 heavy (non-hydrogen) atoms. The number of pyridine rings is 1. The molecule has 3 aliphatic rings. The monoisotopic (exact) mass is 429 g/mol. The van der Waals surface area contributed by atoms with Gasteiger partial charge in [-0.2, -0.15) is 0 Å². The fourth-order valence-electron chi connectivity index (χ4n) is 5.89. The number of ether oxygens (including phenoxy) is 1. The Kier molecular flexibility index (Phi) is 4.39. The second-order valence-corrected chi connectivity index (χ2v) is 8.93. The van der Waals surface area contributed by atoms with E-state index in [1.165, 1.54) is 13.2 Å². The predicted octanol–water partition coefficient (Wildman–Crippen LogP) is 3.55. The lowest BCUT2D eigenvalue weighted by Gasteiger charge is -2.57. The molecule has 1 aliphatic carbocycles. The maximum atomic E-state index is 14.5. The van der Waals surface area contributed by atoms with E-state index in [9.17, 15) is 18.4 Å². The summed E-state index contributed by atoms with van der Waals surface area (Å²) in [7, 11) is 3.06. The summed E-state index contributed by atoms with van der Waals surface area (Å²) in [5.74, 6) is -3.04. The number of carbonyl (C=O) groups is 1. The fraction of sp³-hybridized carbons (Fsp3) is 0.478. The summed E-state index contributed by atoms with van der Waals surface area (Å²) < 4.78 is 36.1. The summed E-state index contributed by atoms with van der Waals surface area (Å²) >= 11 is 0. The molecular formula is C23H25F2N3O3. The molecule has 0 radical (unpaired) electrons. The van der Waals surface area contributed by atoms with E-state index in [4.69, 9.17) is 4.74 Å². The summed E-state index contributed by atoms with van der Waals surface area (Å²) in [6.07, 6.45) is 2.53. The van der Waals surface area contributed by atoms with Crippen molar-refractivity contribution in [3.8, 4) is 5.75 Å². The number of methoxy groups -OCH3 is 1. The molecule has 1 saturated carbocycles. The number of hydrogen-bond acceptors (Lipinski definition) is 4. The van der Waals surface area contributed by atoms with Crippen molar-refractivity contribution in [3.05, 3.63) is 64.1 Å². The zero-order chi connectivity index (χ0) is 22.0. The lowest BCUT2D eigenvalue weighted by atomic mass is 9.68. The largest absolute Gasteiger partial charge is 0.491 e. The molecule has 0 bridgehead atoms. The van der Waals surface area contributed by atoms with Gasteiger partial charge in [0.15, 0.2) is 11.4 Å². The number of aromatic nitrogens is 1. The Morgan fingerprint density at radius 2 is 1.81 bits per heavy atom. The van der Waals surface area contributed by atoms with Crippen LogP contribution in [0.5, 0.6) is 5.75 Å². The zero-order valence-corrected chi connectivity index (χ0v) is 17.6. The van der Waals surface area contributed by atoms with Crippen LogP contribution < -0.4 is 15.2 Å². The van der Waals surface area contributed by atoms with Crippen molar-refractivity contribution in [3.63, 3.8) is 0 Å². The molecule has 1 amide bonds. The van der Waals surface area contributed by atoms with Crippen LogP contribution in [0.25, 0.3) is 0 Å². The van der Waals surface area contributed by atoms with Crippen LogP contribution in [0, 0.1) is 5.41 Å². The number of halogens is 2. The number of carbonyl (C=O) groups excluding carboxylic acids is 1. The lowest BCUT2D eigenvalue weighted by molar-refractivity contribution is -0.0236. The Morgan fingerprint density at radius 1 is 1.06 bits per heavy atom. The predicted molar refractivity (Wildman–Crippen MR) is 111 cm³/mol. The average molecular weight is 429 g/mol. The molecular weight excluding hydrogens is 404 g/mol. The smallest absolute Gasteiger partial charge is 0.277 e. The highest BCUT2D eigenvalue weighted by Gasteiger charge is 2.59. The summed E-state index contributed by atoms with van der Waals surface area (Å²) in [5.41, 5.74) is 0.0491. The van der Waals surface area contributed by atoms with Crippen LogP contribution in [0.1, 0.15) is 54.2 Å². The van der Waals surface area contributed by atoms with Gasteiger partial charge >= 0.3 is 0 Å². The van der Waals surface area contributed by atoms with Gasteiger partial charge in [-0.25, -0.2) is 8.78 Å². The number of piperidine rings is 1. The van der Waals surface area contributed by atoms with Crippen LogP contribution in [-0.4, -0.2) is 41.7 Å². The molecule has 164 valence electrons. The number of hydrogen-bond donors (Lipinski definition) is 0. The minimum Gasteiger partial charge on any atom is -0.491 e. The Morgan fingerprint density at radius 3 is 2.45 bits per heavy atom. The highest BCUT2D eigenvalue weighted by atomic mass is 19.3. The number of fused-ring (bicyclic) bond motifs is 3. The summed E-state index contributed by atoms with van der Waals surface area (Å²) in [6.45, 7) is 0. The van der Waals surface area contributed by atoms with E-state index < -0.39 is 11.3 Å². The quantitative estimate of drug-likeness (QED) is 0.733. The van der Waals surface area contributed by atoms with E-state index in [-0.39, 0.29) is 47.8 Å². The van der Waals surface area contributed by atoms with Gasteiger partial charge in [-0.3, -0.25) is 19.3 Å². The van der Waals surface area contributed by atoms with Crippen molar-refractivity contribution in [2.24, 2.45) is 5.41 Å². The van der Waals surface area contributed by atoms with E-state index in [2.05, 4.69) is 0 Å². The van der Waals surface area contributed by atoms with Crippen molar-refractivity contribution in [1.82, 2.24) is 9.58 Å². The second kappa shape index (κ2) is 6.80. The highest BCUT2D eigenvalue weighted by molar-refractivity contribution is 5.96. The highest BCUT2D eigenvalue weighted by Crippen LogP contribution is 2.60. The van der Waals surface area contributed by atoms with Crippen molar-refractivity contribution in [1.29, 1.82) is 0 Å². The molecule has 1 saturated heterocycles. The van der Waals surface area contributed by atoms with E-state index in [1.54, 1.807) is 22.8 Å². The van der Waals surface area contributed by atoms with Crippen LogP contribution in [0.4, 0.5) is 8.78 Å². The van der Waals surface area contributed by atoms with Gasteiger partial charge < -0.3 is 9.64 Å². The number of amides is 1. The van der Waals surface area contributed by atoms with Gasteiger partial charge in [-0.15, -0.1) is 0 Å². The standard InChI is InChI=1S/C23H25F2N3O3/c1-26-17-8-10-22(11-12-23(24,25)14-22)20(15-6-4-3-5-7-15)28(17)27-13-9-16(29)19(31-2)18(27)21(26)30/h3-7,9,13,17,20H,8,10-12,14H2,1-2H3. The van der Waals surface area contributed by atoms with Crippen molar-refractivity contribution >= 4 is 5.91 Å². The Labute approximate surface area is 179 Å². The third-order valence-electron chi connectivity index (χ3n) is 7.22. The van der Waals surface area contributed by atoms with Gasteiger partial charge in [-0.05, 0) is 24.8 Å². The third-order valence-corrected chi connectivity index (χ3v) is 7.22. The Balaban J connectivity index is 1.76. The minimum absolute atomic E-state index is 0.0269. The first-order valence-electron chi connectivity index (χ1n) is 10.6. The molecule has 2 fully saturated rings. The molecule has 2 aliphatic heterocycles. The summed E-state index contributed by atoms with van der Waals surface area (Å²) in [6, 6.07) is 10.6. The molecule has 5 rings (SSSR count). The number of nitrogens with zero attached hydrogens (tertiary/aromatic N) is 3. The van der Waals surface area contributed by atoms with Gasteiger partial charge in [0.2, 0.25) is 11.4 Å². The van der Waals surface area contributed by atoms with Gasteiger partial charge in [-0.1, -0.05) is 30.3 Å². The molecule has 3 unspecified atom stereocenters. The molecule has 1 aromatic carbocycles. The first kappa shape index (κ1) is 20.0. The van der Waals surface area contributed by atoms with Gasteiger partial charge in [0, 0.05) is 37.6 Å². The Bertz CT molecular complexity index is 1090. The van der Waals surface area contributed by atoms with Crippen molar-refractivity contribution in [2.45, 2.75) is 50.2 Å². The van der Waals surface area contributed by atoms with Crippen LogP contribution in [0.2, 0.25) is 0 Å². The van der Waals surface area contributed by atoms with Gasteiger partial charge in [0.05, 0.1) is 13.2 Å². The summed E-state index contributed by atoms with van der Waals surface area (Å²) in [4.78, 5) is 27.2. The first-order valence-corrected chi connectivity index (χ1v) is 10.6. The average Bonchev–Trinajstić information content (AvgIpc) is 3.06. The topological polar surface area (TPSA) is 54.8 Å². The van der Waals surface area contributed by atoms with Crippen LogP contribution >= 0.6 is 0 Å². The molecule has 6 nitrogen and oxygen atoms in total. The van der Waals surface area contributed by atoms with Crippen LogP contribution in [0.15, 0.2) is 47.4 Å². The number of benzene rings is 1. The van der Waals surface area contributed by atoms with Crippen LogP contribution in [0.3, 0.4) is 0 Å². The van der Waals surface area contributed by atoms with E-state index in [0.717, 1.165) is 5.56 Å². The second-order valence-electron chi connectivity index (χ2n) is 8.93. The molecule has 3 atom stereocenters. The number of rotatable bonds is 2. The molecule has 0 N–H and O–H groups in total. The maximum absolute atomic E-state index is 14.5. The molecule has 2 aromatic rings. The normalized spacial score (nSPS) is 29.1. The van der Waals surface area contributed by atoms with Gasteiger partial charge in [0.25, 0.3) is 5.91 Å². The molecule has 3 heterocycles. The molecule has 1 aromatic heterocycles. The molecule has 1 spiro atoms. The fourth-order valence-corrected chi connectivity index (χ4v) is 5.89. The summed E-state index contributed by atoms with van der Waals surface area (Å²) in [5, 5.41) is 2.01. The molecule has 8 heteroatoms. The maximum Gasteiger partial charge on any atom is 0.277 e. The van der Waals surface area contributed by atoms with E-state index >= 15 is 0 Å². The third kappa shape index (κ3) is 2.87. The van der Waals surface area contributed by atoms with Gasteiger partial charge in [0.1, 0.15) is 6.17 Å². The van der Waals surface area contributed by atoms with E-state index in [0.29, 0.717) is 19.3 Å². The first-order chi connectivity index (χ1) is 14.8. The minimum atomic E-state index is -2.71. The van der Waals surface area contributed by atoms with Crippen LogP contribution in [-0.2, 0) is 0 Å². The van der Waals surface area contributed by atoms with E-state index in [1.807, 2.05) is 35.3 Å². The zero-order valence-electron chi connectivity index (χ0n) is 17.6. The number of alkyl halides is 2. The van der Waals surface area contributed by atoms with Crippen molar-refractivity contribution in [2.75, 3.05) is 19.2 Å². The lowest BCUT2D eigenvalue weighted by Crippen LogP contribution is -2.66.